The van der Waals surface area contributed by atoms with E-state index in [0.717, 1.165) is 16.7 Å². The fraction of sp³-hybridized carbons (Fsp3) is 0.259. The Labute approximate surface area is 207 Å². The van der Waals surface area contributed by atoms with Crippen LogP contribution in [0.1, 0.15) is 51.3 Å². The first-order chi connectivity index (χ1) is 16.5. The Balaban J connectivity index is 1.61. The van der Waals surface area contributed by atoms with E-state index in [1.807, 2.05) is 42.5 Å². The van der Waals surface area contributed by atoms with Gasteiger partial charge in [0.15, 0.2) is 0 Å². The summed E-state index contributed by atoms with van der Waals surface area (Å²) in [5.74, 6) is 0.688. The van der Waals surface area contributed by atoms with Crippen molar-refractivity contribution in [2.75, 3.05) is 13.2 Å². The second-order valence-electron chi connectivity index (χ2n) is 7.36. The molecule has 3 aromatic rings. The van der Waals surface area contributed by atoms with Gasteiger partial charge in [0.05, 0.1) is 24.3 Å². The van der Waals surface area contributed by atoms with E-state index in [2.05, 4.69) is 15.9 Å². The molecule has 0 aliphatic rings. The van der Waals surface area contributed by atoms with Gasteiger partial charge >= 0.3 is 11.9 Å². The van der Waals surface area contributed by atoms with E-state index >= 15 is 0 Å². The van der Waals surface area contributed by atoms with Gasteiger partial charge in [-0.1, -0.05) is 40.2 Å². The van der Waals surface area contributed by atoms with Crippen LogP contribution in [0.4, 0.5) is 0 Å². The SMILES string of the molecule is CCOC(=O)c1ccc(COc2cc(CBr)cc(OCc3ccc(C(=O)OCC)cc3)c2)cc1. The highest BCUT2D eigenvalue weighted by molar-refractivity contribution is 9.08. The molecular weight excluding hydrogens is 500 g/mol. The first-order valence-corrected chi connectivity index (χ1v) is 12.1. The number of rotatable bonds is 11. The lowest BCUT2D eigenvalue weighted by atomic mass is 10.1. The van der Waals surface area contributed by atoms with E-state index in [0.29, 0.717) is 54.4 Å². The summed E-state index contributed by atoms with van der Waals surface area (Å²) < 4.78 is 22.0. The van der Waals surface area contributed by atoms with Gasteiger partial charge in [0.25, 0.3) is 0 Å². The number of ether oxygens (including phenoxy) is 4. The first-order valence-electron chi connectivity index (χ1n) is 11.0. The van der Waals surface area contributed by atoms with Crippen LogP contribution in [0, 0.1) is 0 Å². The van der Waals surface area contributed by atoms with Gasteiger partial charge < -0.3 is 18.9 Å². The predicted molar refractivity (Wildman–Crippen MR) is 133 cm³/mol. The first kappa shape index (κ1) is 25.3. The summed E-state index contributed by atoms with van der Waals surface area (Å²) in [7, 11) is 0. The maximum Gasteiger partial charge on any atom is 0.338 e. The highest BCUT2D eigenvalue weighted by Gasteiger charge is 2.09. The minimum atomic E-state index is -0.336. The molecule has 6 nitrogen and oxygen atoms in total. The molecule has 0 fully saturated rings. The standard InChI is InChI=1S/C27H27BrO6/c1-3-31-26(29)22-9-5-19(6-10-22)17-33-24-13-21(16-28)14-25(15-24)34-18-20-7-11-23(12-8-20)27(30)32-4-2/h5-15H,3-4,16-18H2,1-2H3. The molecule has 0 spiro atoms. The van der Waals surface area contributed by atoms with Crippen molar-refractivity contribution in [3.05, 3.63) is 94.5 Å². The smallest absolute Gasteiger partial charge is 0.338 e. The Morgan fingerprint density at radius 1 is 0.647 bits per heavy atom. The molecule has 0 unspecified atom stereocenters. The van der Waals surface area contributed by atoms with Crippen LogP contribution in [-0.2, 0) is 28.0 Å². The second kappa shape index (κ2) is 12.8. The van der Waals surface area contributed by atoms with Crippen molar-refractivity contribution in [3.63, 3.8) is 0 Å². The molecule has 0 saturated heterocycles. The molecule has 178 valence electrons. The largest absolute Gasteiger partial charge is 0.489 e. The summed E-state index contributed by atoms with van der Waals surface area (Å²) in [6.45, 7) is 4.95. The number of halogens is 1. The lowest BCUT2D eigenvalue weighted by Crippen LogP contribution is -2.05. The molecule has 0 radical (unpaired) electrons. The van der Waals surface area contributed by atoms with E-state index in [1.165, 1.54) is 0 Å². The van der Waals surface area contributed by atoms with Gasteiger partial charge in [-0.05, 0) is 66.9 Å². The van der Waals surface area contributed by atoms with E-state index in [4.69, 9.17) is 18.9 Å². The molecule has 0 N–H and O–H groups in total. The van der Waals surface area contributed by atoms with Crippen molar-refractivity contribution in [2.24, 2.45) is 0 Å². The molecule has 0 aliphatic carbocycles. The van der Waals surface area contributed by atoms with Crippen molar-refractivity contribution in [2.45, 2.75) is 32.4 Å². The van der Waals surface area contributed by atoms with Gasteiger partial charge in [-0.15, -0.1) is 0 Å². The molecule has 0 bridgehead atoms. The number of hydrogen-bond acceptors (Lipinski definition) is 6. The quantitative estimate of drug-likeness (QED) is 0.222. The number of carbonyl (C=O) groups is 2. The van der Waals surface area contributed by atoms with Crippen molar-refractivity contribution in [1.82, 2.24) is 0 Å². The van der Waals surface area contributed by atoms with Gasteiger partial charge in [-0.3, -0.25) is 0 Å². The van der Waals surface area contributed by atoms with E-state index in [1.54, 1.807) is 38.1 Å². The Bertz CT molecular complexity index is 1010. The highest BCUT2D eigenvalue weighted by Crippen LogP contribution is 2.26. The lowest BCUT2D eigenvalue weighted by Gasteiger charge is -2.12. The Hall–Kier alpha value is -3.32. The summed E-state index contributed by atoms with van der Waals surface area (Å²) in [5, 5.41) is 0.656. The third-order valence-electron chi connectivity index (χ3n) is 4.84. The Morgan fingerprint density at radius 3 is 1.41 bits per heavy atom. The topological polar surface area (TPSA) is 71.1 Å². The molecule has 0 amide bonds. The molecule has 0 aliphatic heterocycles. The molecule has 0 saturated carbocycles. The van der Waals surface area contributed by atoms with E-state index in [-0.39, 0.29) is 11.9 Å². The average Bonchev–Trinajstić information content (AvgIpc) is 2.87. The number of carbonyl (C=O) groups excluding carboxylic acids is 2. The van der Waals surface area contributed by atoms with Gasteiger partial charge in [0.2, 0.25) is 0 Å². The highest BCUT2D eigenvalue weighted by atomic mass is 79.9. The van der Waals surface area contributed by atoms with Crippen molar-refractivity contribution in [1.29, 1.82) is 0 Å². The van der Waals surface area contributed by atoms with Gasteiger partial charge in [-0.25, -0.2) is 9.59 Å². The van der Waals surface area contributed by atoms with Gasteiger partial charge in [-0.2, -0.15) is 0 Å². The summed E-state index contributed by atoms with van der Waals surface area (Å²) in [5.41, 5.74) is 3.90. The summed E-state index contributed by atoms with van der Waals surface area (Å²) in [6, 6.07) is 20.0. The molecule has 0 atom stereocenters. The number of esters is 2. The fourth-order valence-electron chi connectivity index (χ4n) is 3.11. The zero-order chi connectivity index (χ0) is 24.3. The third kappa shape index (κ3) is 7.35. The third-order valence-corrected chi connectivity index (χ3v) is 5.48. The van der Waals surface area contributed by atoms with Gasteiger partial charge in [0, 0.05) is 11.4 Å². The normalized spacial score (nSPS) is 10.4. The molecule has 34 heavy (non-hydrogen) atoms. The molecule has 3 rings (SSSR count). The van der Waals surface area contributed by atoms with Crippen molar-refractivity contribution in [3.8, 4) is 11.5 Å². The van der Waals surface area contributed by atoms with Gasteiger partial charge in [0.1, 0.15) is 24.7 Å². The predicted octanol–water partition coefficient (Wildman–Crippen LogP) is 6.09. The van der Waals surface area contributed by atoms with Crippen LogP contribution < -0.4 is 9.47 Å². The monoisotopic (exact) mass is 526 g/mol. The maximum atomic E-state index is 11.8. The summed E-state index contributed by atoms with van der Waals surface area (Å²) >= 11 is 3.49. The zero-order valence-electron chi connectivity index (χ0n) is 19.2. The van der Waals surface area contributed by atoms with Crippen LogP contribution in [0.15, 0.2) is 66.7 Å². The van der Waals surface area contributed by atoms with Crippen LogP contribution >= 0.6 is 15.9 Å². The van der Waals surface area contributed by atoms with Crippen LogP contribution in [0.25, 0.3) is 0 Å². The van der Waals surface area contributed by atoms with Crippen LogP contribution in [0.5, 0.6) is 11.5 Å². The minimum Gasteiger partial charge on any atom is -0.489 e. The van der Waals surface area contributed by atoms with Crippen LogP contribution in [0.3, 0.4) is 0 Å². The molecule has 3 aromatic carbocycles. The number of alkyl halides is 1. The number of benzene rings is 3. The zero-order valence-corrected chi connectivity index (χ0v) is 20.8. The molecular formula is C27H27BrO6. The minimum absolute atomic E-state index is 0.336. The molecule has 0 aromatic heterocycles. The van der Waals surface area contributed by atoms with Crippen LogP contribution in [-0.4, -0.2) is 25.2 Å². The fourth-order valence-corrected chi connectivity index (χ4v) is 3.43. The second-order valence-corrected chi connectivity index (χ2v) is 7.92. The molecule has 0 heterocycles. The Morgan fingerprint density at radius 2 is 1.06 bits per heavy atom. The average molecular weight is 527 g/mol. The number of hydrogen-bond donors (Lipinski definition) is 0. The van der Waals surface area contributed by atoms with Crippen LogP contribution in [0.2, 0.25) is 0 Å². The lowest BCUT2D eigenvalue weighted by molar-refractivity contribution is 0.0516. The van der Waals surface area contributed by atoms with E-state index in [9.17, 15) is 9.59 Å². The maximum absolute atomic E-state index is 11.8. The van der Waals surface area contributed by atoms with Crippen molar-refractivity contribution < 1.29 is 28.5 Å². The van der Waals surface area contributed by atoms with E-state index < -0.39 is 0 Å². The Kier molecular flexibility index (Phi) is 9.52. The summed E-state index contributed by atoms with van der Waals surface area (Å²) in [6.07, 6.45) is 0. The molecule has 7 heteroatoms. The van der Waals surface area contributed by atoms with Crippen molar-refractivity contribution >= 4 is 27.9 Å². The summed E-state index contributed by atoms with van der Waals surface area (Å²) in [4.78, 5) is 23.6.